The molecule has 6 nitrogen and oxygen atoms in total. The van der Waals surface area contributed by atoms with Gasteiger partial charge in [-0.2, -0.15) is 0 Å². The molecule has 0 bridgehead atoms. The second-order valence-corrected chi connectivity index (χ2v) is 10.6. The normalized spacial score (nSPS) is 38.8. The van der Waals surface area contributed by atoms with Gasteiger partial charge in [0.1, 0.15) is 0 Å². The van der Waals surface area contributed by atoms with Crippen molar-refractivity contribution in [1.82, 2.24) is 0 Å². The fraction of sp³-hybridized carbons (Fsp3) is 0.852. The molecule has 6 heteroatoms. The predicted octanol–water partition coefficient (Wildman–Crippen LogP) is 5.10. The van der Waals surface area contributed by atoms with E-state index in [-0.39, 0.29) is 42.7 Å². The fourth-order valence-electron chi connectivity index (χ4n) is 5.62. The Morgan fingerprint density at radius 1 is 1.03 bits per heavy atom. The average Bonchev–Trinajstić information content (AvgIpc) is 3.31. The van der Waals surface area contributed by atoms with Gasteiger partial charge >= 0.3 is 0 Å². The van der Waals surface area contributed by atoms with E-state index in [0.29, 0.717) is 12.3 Å². The molecule has 0 aromatic carbocycles. The summed E-state index contributed by atoms with van der Waals surface area (Å²) in [4.78, 5) is 0. The van der Waals surface area contributed by atoms with Gasteiger partial charge in [-0.3, -0.25) is 0 Å². The van der Waals surface area contributed by atoms with Gasteiger partial charge in [-0.15, -0.1) is 0 Å². The van der Waals surface area contributed by atoms with Gasteiger partial charge < -0.3 is 28.8 Å². The van der Waals surface area contributed by atoms with Gasteiger partial charge in [0.15, 0.2) is 18.9 Å². The standard InChI is InChI=1S/C27H44O6/c1-18(2)10-11-19(3)22(32-26-8-4-6-14-29-26)13-12-20-21-16-25(28)31-24(21)17-23(20)33-27-9-5-7-15-30-27/h10,12-13,19-28H,4-9,11,14-17H2,1-3H3/t19?,20-,21-,22-,23-,24+,25?,26?,27?/m1/s1. The number of hydrogen-bond donors (Lipinski definition) is 1. The average molecular weight is 465 g/mol. The van der Waals surface area contributed by atoms with E-state index in [9.17, 15) is 5.11 Å². The second kappa shape index (κ2) is 12.3. The van der Waals surface area contributed by atoms with Gasteiger partial charge in [-0.1, -0.05) is 30.7 Å². The first kappa shape index (κ1) is 25.3. The van der Waals surface area contributed by atoms with Crippen LogP contribution >= 0.6 is 0 Å². The van der Waals surface area contributed by atoms with E-state index in [2.05, 4.69) is 39.0 Å². The van der Waals surface area contributed by atoms with Crippen molar-refractivity contribution in [3.05, 3.63) is 23.8 Å². The number of allylic oxidation sites excluding steroid dienone is 2. The zero-order valence-corrected chi connectivity index (χ0v) is 20.7. The van der Waals surface area contributed by atoms with Crippen LogP contribution in [-0.2, 0) is 23.7 Å². The largest absolute Gasteiger partial charge is 0.368 e. The molecule has 4 fully saturated rings. The maximum absolute atomic E-state index is 10.1. The molecule has 9 atom stereocenters. The minimum absolute atomic E-state index is 0.0263. The molecule has 4 rings (SSSR count). The van der Waals surface area contributed by atoms with E-state index in [1.807, 2.05) is 0 Å². The van der Waals surface area contributed by atoms with E-state index in [1.54, 1.807) is 0 Å². The van der Waals surface area contributed by atoms with Crippen LogP contribution in [0.25, 0.3) is 0 Å². The van der Waals surface area contributed by atoms with E-state index in [1.165, 1.54) is 5.57 Å². The highest BCUT2D eigenvalue weighted by atomic mass is 16.7. The van der Waals surface area contributed by atoms with E-state index in [0.717, 1.165) is 64.6 Å². The predicted molar refractivity (Wildman–Crippen MR) is 126 cm³/mol. The van der Waals surface area contributed by atoms with Crippen molar-refractivity contribution in [3.63, 3.8) is 0 Å². The molecule has 0 aromatic heterocycles. The Morgan fingerprint density at radius 3 is 2.42 bits per heavy atom. The van der Waals surface area contributed by atoms with E-state index >= 15 is 0 Å². The van der Waals surface area contributed by atoms with Crippen LogP contribution in [0, 0.1) is 17.8 Å². The molecule has 0 spiro atoms. The SMILES string of the molecule is CC(C)=CCC(C)[C@@H](C=C[C@@H]1[C@H]2CC(O)O[C@H]2C[C@H]1OC1CCCCO1)OC1CCCCO1. The number of fused-ring (bicyclic) bond motifs is 1. The molecule has 188 valence electrons. The minimum Gasteiger partial charge on any atom is -0.368 e. The monoisotopic (exact) mass is 464 g/mol. The molecule has 3 saturated heterocycles. The topological polar surface area (TPSA) is 66.4 Å². The molecule has 33 heavy (non-hydrogen) atoms. The van der Waals surface area contributed by atoms with Crippen molar-refractivity contribution < 1.29 is 28.8 Å². The van der Waals surface area contributed by atoms with Gasteiger partial charge in [-0.05, 0) is 70.6 Å². The molecule has 4 unspecified atom stereocenters. The third-order valence-electron chi connectivity index (χ3n) is 7.56. The Hall–Kier alpha value is -0.760. The molecule has 0 radical (unpaired) electrons. The number of aliphatic hydroxyl groups excluding tert-OH is 1. The molecule has 1 N–H and O–H groups in total. The van der Waals surface area contributed by atoms with Crippen molar-refractivity contribution >= 4 is 0 Å². The zero-order valence-electron chi connectivity index (χ0n) is 20.7. The van der Waals surface area contributed by atoms with Crippen LogP contribution in [-0.4, -0.2) is 55.5 Å². The van der Waals surface area contributed by atoms with Crippen molar-refractivity contribution in [1.29, 1.82) is 0 Å². The first-order valence-electron chi connectivity index (χ1n) is 13.2. The molecule has 0 aromatic rings. The number of hydrogen-bond acceptors (Lipinski definition) is 6. The smallest absolute Gasteiger partial charge is 0.158 e. The Labute approximate surface area is 199 Å². The molecule has 3 heterocycles. The Kier molecular flexibility index (Phi) is 9.43. The first-order valence-corrected chi connectivity index (χ1v) is 13.2. The third-order valence-corrected chi connectivity index (χ3v) is 7.56. The van der Waals surface area contributed by atoms with Crippen molar-refractivity contribution in [2.45, 2.75) is 116 Å². The van der Waals surface area contributed by atoms with Crippen LogP contribution in [0.2, 0.25) is 0 Å². The Bertz CT molecular complexity index is 647. The summed E-state index contributed by atoms with van der Waals surface area (Å²) in [5.74, 6) is 0.793. The Balaban J connectivity index is 1.46. The van der Waals surface area contributed by atoms with E-state index < -0.39 is 6.29 Å². The molecule has 1 saturated carbocycles. The van der Waals surface area contributed by atoms with Crippen molar-refractivity contribution in [3.8, 4) is 0 Å². The highest BCUT2D eigenvalue weighted by molar-refractivity contribution is 5.08. The maximum Gasteiger partial charge on any atom is 0.158 e. The lowest BCUT2D eigenvalue weighted by Crippen LogP contribution is -2.32. The summed E-state index contributed by atoms with van der Waals surface area (Å²) in [6.07, 6.45) is 14.8. The van der Waals surface area contributed by atoms with Crippen LogP contribution in [0.4, 0.5) is 0 Å². The summed E-state index contributed by atoms with van der Waals surface area (Å²) < 4.78 is 30.5. The van der Waals surface area contributed by atoms with Crippen LogP contribution in [0.5, 0.6) is 0 Å². The van der Waals surface area contributed by atoms with Crippen molar-refractivity contribution in [2.75, 3.05) is 13.2 Å². The lowest BCUT2D eigenvalue weighted by atomic mass is 9.89. The highest BCUT2D eigenvalue weighted by Crippen LogP contribution is 2.45. The van der Waals surface area contributed by atoms with Crippen LogP contribution in [0.3, 0.4) is 0 Å². The first-order chi connectivity index (χ1) is 16.0. The lowest BCUT2D eigenvalue weighted by molar-refractivity contribution is -0.196. The van der Waals surface area contributed by atoms with Gasteiger partial charge in [0, 0.05) is 32.0 Å². The zero-order chi connectivity index (χ0) is 23.2. The van der Waals surface area contributed by atoms with Gasteiger partial charge in [-0.25, -0.2) is 0 Å². The van der Waals surface area contributed by atoms with Crippen LogP contribution in [0.1, 0.15) is 78.6 Å². The maximum atomic E-state index is 10.1. The van der Waals surface area contributed by atoms with Gasteiger partial charge in [0.05, 0.1) is 18.3 Å². The minimum atomic E-state index is -0.665. The Morgan fingerprint density at radius 2 is 1.76 bits per heavy atom. The van der Waals surface area contributed by atoms with E-state index in [4.69, 9.17) is 23.7 Å². The number of ether oxygens (including phenoxy) is 5. The quantitative estimate of drug-likeness (QED) is 0.479. The fourth-order valence-corrected chi connectivity index (χ4v) is 5.62. The molecule has 0 amide bonds. The summed E-state index contributed by atoms with van der Waals surface area (Å²) in [5, 5.41) is 10.1. The molecule has 1 aliphatic carbocycles. The highest BCUT2D eigenvalue weighted by Gasteiger charge is 2.49. The molecule has 3 aliphatic heterocycles. The molecule has 4 aliphatic rings. The second-order valence-electron chi connectivity index (χ2n) is 10.6. The van der Waals surface area contributed by atoms with Crippen LogP contribution in [0.15, 0.2) is 23.8 Å². The van der Waals surface area contributed by atoms with Gasteiger partial charge in [0.25, 0.3) is 0 Å². The molecular formula is C27H44O6. The summed E-state index contributed by atoms with van der Waals surface area (Å²) in [6.45, 7) is 8.09. The number of aliphatic hydroxyl groups is 1. The summed E-state index contributed by atoms with van der Waals surface area (Å²) in [5.41, 5.74) is 1.33. The third kappa shape index (κ3) is 7.12. The van der Waals surface area contributed by atoms with Crippen LogP contribution < -0.4 is 0 Å². The summed E-state index contributed by atoms with van der Waals surface area (Å²) in [7, 11) is 0. The van der Waals surface area contributed by atoms with Crippen molar-refractivity contribution in [2.24, 2.45) is 17.8 Å². The summed E-state index contributed by atoms with van der Waals surface area (Å²) in [6, 6.07) is 0. The van der Waals surface area contributed by atoms with Gasteiger partial charge in [0.2, 0.25) is 0 Å². The molecular weight excluding hydrogens is 420 g/mol. The summed E-state index contributed by atoms with van der Waals surface area (Å²) >= 11 is 0. The number of rotatable bonds is 9. The lowest BCUT2D eigenvalue weighted by Gasteiger charge is -2.31.